The van der Waals surface area contributed by atoms with Crippen molar-refractivity contribution in [3.63, 3.8) is 0 Å². The summed E-state index contributed by atoms with van der Waals surface area (Å²) in [5, 5.41) is 3.04. The van der Waals surface area contributed by atoms with Gasteiger partial charge in [-0.1, -0.05) is 55.0 Å². The second-order valence-corrected chi connectivity index (χ2v) is 11.1. The molecule has 1 atom stereocenters. The number of hydrogen-bond acceptors (Lipinski definition) is 3. The zero-order chi connectivity index (χ0) is 26.6. The van der Waals surface area contributed by atoms with Crippen molar-refractivity contribution < 1.29 is 4.79 Å². The van der Waals surface area contributed by atoms with Gasteiger partial charge in [0.15, 0.2) is 0 Å². The molecule has 0 aliphatic carbocycles. The predicted octanol–water partition coefficient (Wildman–Crippen LogP) is 8.22. The molecule has 0 radical (unpaired) electrons. The van der Waals surface area contributed by atoms with Crippen LogP contribution in [0.25, 0.3) is 22.4 Å². The van der Waals surface area contributed by atoms with E-state index in [-0.39, 0.29) is 11.9 Å². The first kappa shape index (κ1) is 25.8. The van der Waals surface area contributed by atoms with E-state index in [1.165, 1.54) is 21.6 Å². The van der Waals surface area contributed by atoms with Crippen LogP contribution in [-0.2, 0) is 11.2 Å². The van der Waals surface area contributed by atoms with Gasteiger partial charge in [-0.3, -0.25) is 4.79 Å². The molecular formula is C33H33N3OS. The summed E-state index contributed by atoms with van der Waals surface area (Å²) >= 11 is 1.80. The van der Waals surface area contributed by atoms with Crippen molar-refractivity contribution in [2.24, 2.45) is 0 Å². The van der Waals surface area contributed by atoms with Gasteiger partial charge in [0, 0.05) is 16.1 Å². The number of carbonyl (C=O) groups excluding carboxylic acids is 1. The maximum Gasteiger partial charge on any atom is 0.228 e. The molecule has 0 saturated carbocycles. The van der Waals surface area contributed by atoms with Crippen molar-refractivity contribution in [1.82, 2.24) is 9.55 Å². The lowest BCUT2D eigenvalue weighted by Crippen LogP contribution is -2.14. The van der Waals surface area contributed by atoms with Crippen molar-refractivity contribution in [3.05, 3.63) is 113 Å². The average Bonchev–Trinajstić information content (AvgIpc) is 3.29. The number of amides is 1. The van der Waals surface area contributed by atoms with Crippen LogP contribution in [0, 0.1) is 13.8 Å². The standard InChI is InChI=1S/C33H33N3OS/c1-5-38-29-17-9-25(10-18-29)21-32(37)34-28-15-13-27(14-16-28)33-35-30-19-8-23(3)20-31(30)36(33)24(4)26-11-6-22(2)7-12-26/h6-20,24H,5,21H2,1-4H3,(H,34,37). The van der Waals surface area contributed by atoms with Crippen LogP contribution in [0.2, 0.25) is 0 Å². The molecule has 1 aromatic heterocycles. The molecule has 0 aliphatic rings. The molecule has 192 valence electrons. The quantitative estimate of drug-likeness (QED) is 0.210. The van der Waals surface area contributed by atoms with Gasteiger partial charge in [0.2, 0.25) is 5.91 Å². The molecule has 0 saturated heterocycles. The topological polar surface area (TPSA) is 46.9 Å². The Morgan fingerprint density at radius 3 is 2.26 bits per heavy atom. The summed E-state index contributed by atoms with van der Waals surface area (Å²) in [6.07, 6.45) is 0.349. The van der Waals surface area contributed by atoms with E-state index in [2.05, 4.69) is 92.2 Å². The average molecular weight is 520 g/mol. The number of anilines is 1. The molecule has 5 heteroatoms. The summed E-state index contributed by atoms with van der Waals surface area (Å²) in [6.45, 7) is 8.58. The van der Waals surface area contributed by atoms with Crippen molar-refractivity contribution in [3.8, 4) is 11.4 Å². The minimum atomic E-state index is -0.0237. The molecule has 1 N–H and O–H groups in total. The highest BCUT2D eigenvalue weighted by Gasteiger charge is 2.19. The Hall–Kier alpha value is -3.83. The van der Waals surface area contributed by atoms with Crippen molar-refractivity contribution in [2.75, 3.05) is 11.1 Å². The first-order valence-corrected chi connectivity index (χ1v) is 14.1. The molecule has 1 amide bonds. The SMILES string of the molecule is CCSc1ccc(CC(=O)Nc2ccc(-c3nc4ccc(C)cc4n3C(C)c3ccc(C)cc3)cc2)cc1. The maximum absolute atomic E-state index is 12.7. The molecule has 0 aliphatic heterocycles. The molecule has 1 heterocycles. The number of carbonyl (C=O) groups is 1. The van der Waals surface area contributed by atoms with Crippen LogP contribution in [0.4, 0.5) is 5.69 Å². The Balaban J connectivity index is 1.39. The van der Waals surface area contributed by atoms with E-state index in [1.807, 2.05) is 36.4 Å². The molecule has 4 nitrogen and oxygen atoms in total. The van der Waals surface area contributed by atoms with Crippen LogP contribution in [0.15, 0.2) is 95.9 Å². The number of benzene rings is 4. The number of hydrogen-bond donors (Lipinski definition) is 1. The van der Waals surface area contributed by atoms with Crippen molar-refractivity contribution >= 4 is 34.4 Å². The second kappa shape index (κ2) is 11.3. The number of aryl methyl sites for hydroxylation is 2. The number of aromatic nitrogens is 2. The number of nitrogens with zero attached hydrogens (tertiary/aromatic N) is 2. The van der Waals surface area contributed by atoms with Gasteiger partial charge in [0.1, 0.15) is 5.82 Å². The van der Waals surface area contributed by atoms with E-state index >= 15 is 0 Å². The van der Waals surface area contributed by atoms with Crippen LogP contribution in [0.5, 0.6) is 0 Å². The van der Waals surface area contributed by atoms with Crippen molar-refractivity contribution in [2.45, 2.75) is 45.1 Å². The monoisotopic (exact) mass is 519 g/mol. The molecule has 5 aromatic rings. The zero-order valence-corrected chi connectivity index (χ0v) is 23.2. The molecule has 4 aromatic carbocycles. The molecule has 1 unspecified atom stereocenters. The number of imidazole rings is 1. The van der Waals surface area contributed by atoms with Crippen molar-refractivity contribution in [1.29, 1.82) is 0 Å². The summed E-state index contributed by atoms with van der Waals surface area (Å²) in [6, 6.07) is 31.4. The molecule has 38 heavy (non-hydrogen) atoms. The minimum absolute atomic E-state index is 0.0237. The molecular weight excluding hydrogens is 486 g/mol. The Morgan fingerprint density at radius 2 is 1.58 bits per heavy atom. The van der Waals surface area contributed by atoms with Crippen LogP contribution in [0.1, 0.15) is 42.1 Å². The fourth-order valence-electron chi connectivity index (χ4n) is 4.76. The Labute approximate surface area is 229 Å². The second-order valence-electron chi connectivity index (χ2n) is 9.76. The van der Waals surface area contributed by atoms with Gasteiger partial charge < -0.3 is 9.88 Å². The number of nitrogens with one attached hydrogen (secondary N) is 1. The van der Waals surface area contributed by atoms with Crippen LogP contribution < -0.4 is 5.32 Å². The highest BCUT2D eigenvalue weighted by molar-refractivity contribution is 7.99. The minimum Gasteiger partial charge on any atom is -0.326 e. The highest BCUT2D eigenvalue weighted by atomic mass is 32.2. The van der Waals surface area contributed by atoms with E-state index < -0.39 is 0 Å². The summed E-state index contributed by atoms with van der Waals surface area (Å²) in [7, 11) is 0. The predicted molar refractivity (Wildman–Crippen MR) is 160 cm³/mol. The smallest absolute Gasteiger partial charge is 0.228 e. The van der Waals surface area contributed by atoms with Crippen LogP contribution in [0.3, 0.4) is 0 Å². The van der Waals surface area contributed by atoms with Gasteiger partial charge in [-0.05, 0) is 91.7 Å². The molecule has 0 bridgehead atoms. The Kier molecular flexibility index (Phi) is 7.66. The van der Waals surface area contributed by atoms with E-state index in [0.29, 0.717) is 6.42 Å². The summed E-state index contributed by atoms with van der Waals surface area (Å²) in [4.78, 5) is 18.9. The third kappa shape index (κ3) is 5.68. The fraction of sp³-hybridized carbons (Fsp3) is 0.212. The Bertz CT molecular complexity index is 1550. The lowest BCUT2D eigenvalue weighted by Gasteiger charge is -2.19. The van der Waals surface area contributed by atoms with Crippen LogP contribution in [-0.4, -0.2) is 21.2 Å². The van der Waals surface area contributed by atoms with Gasteiger partial charge in [-0.2, -0.15) is 0 Å². The zero-order valence-electron chi connectivity index (χ0n) is 22.4. The lowest BCUT2D eigenvalue weighted by molar-refractivity contribution is -0.115. The normalized spacial score (nSPS) is 12.0. The van der Waals surface area contributed by atoms with E-state index in [1.54, 1.807) is 11.8 Å². The maximum atomic E-state index is 12.7. The number of fused-ring (bicyclic) bond motifs is 1. The van der Waals surface area contributed by atoms with Crippen LogP contribution >= 0.6 is 11.8 Å². The first-order chi connectivity index (χ1) is 18.4. The summed E-state index contributed by atoms with van der Waals surface area (Å²) < 4.78 is 2.32. The van der Waals surface area contributed by atoms with Gasteiger partial charge in [0.05, 0.1) is 23.5 Å². The number of thioether (sulfide) groups is 1. The highest BCUT2D eigenvalue weighted by Crippen LogP contribution is 2.32. The van der Waals surface area contributed by atoms with Gasteiger partial charge >= 0.3 is 0 Å². The fourth-order valence-corrected chi connectivity index (χ4v) is 5.42. The third-order valence-electron chi connectivity index (χ3n) is 6.82. The largest absolute Gasteiger partial charge is 0.326 e. The lowest BCUT2D eigenvalue weighted by atomic mass is 10.1. The third-order valence-corrected chi connectivity index (χ3v) is 7.71. The first-order valence-electron chi connectivity index (χ1n) is 13.1. The molecule has 0 spiro atoms. The van der Waals surface area contributed by atoms with E-state index in [0.717, 1.165) is 39.4 Å². The van der Waals surface area contributed by atoms with E-state index in [9.17, 15) is 4.79 Å². The van der Waals surface area contributed by atoms with Gasteiger partial charge in [0.25, 0.3) is 0 Å². The summed E-state index contributed by atoms with van der Waals surface area (Å²) in [5.41, 5.74) is 8.59. The Morgan fingerprint density at radius 1 is 0.895 bits per heavy atom. The number of rotatable bonds is 8. The van der Waals surface area contributed by atoms with Gasteiger partial charge in [-0.15, -0.1) is 11.8 Å². The van der Waals surface area contributed by atoms with E-state index in [4.69, 9.17) is 4.98 Å². The van der Waals surface area contributed by atoms with Gasteiger partial charge in [-0.25, -0.2) is 4.98 Å². The summed E-state index contributed by atoms with van der Waals surface area (Å²) in [5.74, 6) is 1.93. The molecule has 5 rings (SSSR count). The molecule has 0 fully saturated rings.